The number of quaternary nitrogens is 2. The van der Waals surface area contributed by atoms with Gasteiger partial charge >= 0.3 is 0 Å². The van der Waals surface area contributed by atoms with Gasteiger partial charge in [0.2, 0.25) is 0 Å². The number of carbonyl (C=O) groups is 2. The molecule has 1 aliphatic heterocycles. The average molecular weight is 387 g/mol. The van der Waals surface area contributed by atoms with Crippen LogP contribution in [0.5, 0.6) is 0 Å². The van der Waals surface area contributed by atoms with Crippen molar-refractivity contribution in [2.24, 2.45) is 0 Å². The van der Waals surface area contributed by atoms with Gasteiger partial charge in [-0.25, -0.2) is 4.39 Å². The Balaban J connectivity index is 1.82. The van der Waals surface area contributed by atoms with Crippen LogP contribution in [0.25, 0.3) is 0 Å². The highest BCUT2D eigenvalue weighted by Gasteiger charge is 2.32. The number of carbonyl (C=O) groups excluding carboxylic acids is 2. The van der Waals surface area contributed by atoms with E-state index in [1.807, 2.05) is 20.8 Å². The molecule has 4 N–H and O–H groups in total. The quantitative estimate of drug-likeness (QED) is 0.512. The maximum Gasteiger partial charge on any atom is 0.282 e. The van der Waals surface area contributed by atoms with Crippen LogP contribution in [0.1, 0.15) is 20.8 Å². The zero-order chi connectivity index (χ0) is 19.3. The zero-order valence-electron chi connectivity index (χ0n) is 15.5. The summed E-state index contributed by atoms with van der Waals surface area (Å²) in [6, 6.07) is 3.81. The fourth-order valence-corrected chi connectivity index (χ4v) is 3.37. The summed E-state index contributed by atoms with van der Waals surface area (Å²) in [5.74, 6) is -0.517. The zero-order valence-corrected chi connectivity index (χ0v) is 16.3. The number of rotatable bonds is 6. The van der Waals surface area contributed by atoms with Gasteiger partial charge in [0.25, 0.3) is 11.8 Å². The lowest BCUT2D eigenvalue weighted by atomic mass is 10.2. The standard InChI is InChI=1S/C18H26ClFN4O2/c1-12(2)21-17(25)11-23-6-8-24(9-7-23)13(3)18(26)22-16-5-4-14(20)10-15(16)19/h4-5,10,12-13H,6-9,11H2,1-3H3,(H,21,25)(H,22,26)/p+2/t13-/m1/s1. The van der Waals surface area contributed by atoms with E-state index in [0.29, 0.717) is 12.2 Å². The van der Waals surface area contributed by atoms with E-state index in [4.69, 9.17) is 11.6 Å². The predicted molar refractivity (Wildman–Crippen MR) is 99.0 cm³/mol. The summed E-state index contributed by atoms with van der Waals surface area (Å²) in [6.45, 7) is 9.55. The molecule has 1 atom stereocenters. The first-order chi connectivity index (χ1) is 12.3. The number of anilines is 1. The van der Waals surface area contributed by atoms with E-state index in [1.54, 1.807) is 0 Å². The van der Waals surface area contributed by atoms with E-state index in [-0.39, 0.29) is 28.9 Å². The highest BCUT2D eigenvalue weighted by molar-refractivity contribution is 6.33. The smallest absolute Gasteiger partial charge is 0.282 e. The maximum absolute atomic E-state index is 13.1. The molecule has 0 unspecified atom stereocenters. The van der Waals surface area contributed by atoms with E-state index < -0.39 is 5.82 Å². The topological polar surface area (TPSA) is 67.1 Å². The Morgan fingerprint density at radius 1 is 1.19 bits per heavy atom. The van der Waals surface area contributed by atoms with Crippen molar-refractivity contribution >= 4 is 29.1 Å². The van der Waals surface area contributed by atoms with E-state index in [1.165, 1.54) is 28.0 Å². The second-order valence-corrected chi connectivity index (χ2v) is 7.55. The molecule has 0 spiro atoms. The lowest BCUT2D eigenvalue weighted by Gasteiger charge is -2.32. The van der Waals surface area contributed by atoms with Gasteiger partial charge < -0.3 is 20.4 Å². The third kappa shape index (κ3) is 5.93. The van der Waals surface area contributed by atoms with E-state index in [9.17, 15) is 14.0 Å². The third-order valence-corrected chi connectivity index (χ3v) is 4.97. The van der Waals surface area contributed by atoms with Gasteiger partial charge in [-0.15, -0.1) is 0 Å². The van der Waals surface area contributed by atoms with Crippen LogP contribution in [-0.2, 0) is 9.59 Å². The summed E-state index contributed by atoms with van der Waals surface area (Å²) in [5, 5.41) is 5.87. The van der Waals surface area contributed by atoms with Crippen molar-refractivity contribution in [1.29, 1.82) is 0 Å². The molecule has 2 amide bonds. The molecule has 0 aromatic heterocycles. The summed E-state index contributed by atoms with van der Waals surface area (Å²) >= 11 is 5.96. The Hall–Kier alpha value is -1.70. The summed E-state index contributed by atoms with van der Waals surface area (Å²) < 4.78 is 13.1. The minimum absolute atomic E-state index is 0.0650. The van der Waals surface area contributed by atoms with Crippen LogP contribution >= 0.6 is 11.6 Å². The number of hydrogen-bond acceptors (Lipinski definition) is 2. The number of nitrogens with one attached hydrogen (secondary N) is 4. The summed E-state index contributed by atoms with van der Waals surface area (Å²) in [6.07, 6.45) is 0. The van der Waals surface area contributed by atoms with Gasteiger partial charge in [0.05, 0.1) is 10.7 Å². The molecule has 1 aromatic rings. The normalized spacial score (nSPS) is 21.3. The van der Waals surface area contributed by atoms with E-state index in [2.05, 4.69) is 10.6 Å². The van der Waals surface area contributed by atoms with Crippen molar-refractivity contribution < 1.29 is 23.8 Å². The van der Waals surface area contributed by atoms with Crippen molar-refractivity contribution in [2.75, 3.05) is 38.0 Å². The first kappa shape index (κ1) is 20.6. The Kier molecular flexibility index (Phi) is 7.37. The Labute approximate surface area is 158 Å². The Morgan fingerprint density at radius 3 is 2.42 bits per heavy atom. The molecule has 2 rings (SSSR count). The van der Waals surface area contributed by atoms with Crippen LogP contribution < -0.4 is 20.4 Å². The van der Waals surface area contributed by atoms with Crippen molar-refractivity contribution in [3.63, 3.8) is 0 Å². The Morgan fingerprint density at radius 2 is 1.85 bits per heavy atom. The highest BCUT2D eigenvalue weighted by atomic mass is 35.5. The van der Waals surface area contributed by atoms with Gasteiger partial charge in [0.15, 0.2) is 12.6 Å². The molecule has 0 aliphatic carbocycles. The van der Waals surface area contributed by atoms with Crippen molar-refractivity contribution in [1.82, 2.24) is 5.32 Å². The molecule has 8 heteroatoms. The van der Waals surface area contributed by atoms with Crippen LogP contribution in [0, 0.1) is 5.82 Å². The molecule has 1 fully saturated rings. The number of hydrogen-bond donors (Lipinski definition) is 4. The molecular formula is C18H28ClFN4O2+2. The lowest BCUT2D eigenvalue weighted by molar-refractivity contribution is -1.01. The number of amides is 2. The Bertz CT molecular complexity index is 648. The number of benzene rings is 1. The molecule has 0 radical (unpaired) electrons. The van der Waals surface area contributed by atoms with Gasteiger partial charge in [-0.2, -0.15) is 0 Å². The minimum atomic E-state index is -0.438. The van der Waals surface area contributed by atoms with Crippen molar-refractivity contribution in [3.05, 3.63) is 29.0 Å². The van der Waals surface area contributed by atoms with Crippen LogP contribution in [0.3, 0.4) is 0 Å². The van der Waals surface area contributed by atoms with Gasteiger partial charge in [0, 0.05) is 6.04 Å². The first-order valence-corrected chi connectivity index (χ1v) is 9.37. The van der Waals surface area contributed by atoms with Gasteiger partial charge in [-0.1, -0.05) is 11.6 Å². The minimum Gasteiger partial charge on any atom is -0.349 e. The van der Waals surface area contributed by atoms with Crippen LogP contribution in [-0.4, -0.2) is 56.6 Å². The van der Waals surface area contributed by atoms with E-state index >= 15 is 0 Å². The monoisotopic (exact) mass is 386 g/mol. The summed E-state index contributed by atoms with van der Waals surface area (Å²) in [5.41, 5.74) is 0.416. The molecule has 1 saturated heterocycles. The average Bonchev–Trinajstić information content (AvgIpc) is 2.56. The molecule has 1 heterocycles. The molecule has 1 aromatic carbocycles. The van der Waals surface area contributed by atoms with Gasteiger partial charge in [-0.05, 0) is 39.0 Å². The summed E-state index contributed by atoms with van der Waals surface area (Å²) in [4.78, 5) is 26.7. The second-order valence-electron chi connectivity index (χ2n) is 7.14. The van der Waals surface area contributed by atoms with Gasteiger partial charge in [-0.3, -0.25) is 9.59 Å². The maximum atomic E-state index is 13.1. The molecule has 0 bridgehead atoms. The SMILES string of the molecule is CC(C)NC(=O)C[NH+]1CC[NH+]([C@H](C)C(=O)Nc2ccc(F)cc2Cl)CC1. The fraction of sp³-hybridized carbons (Fsp3) is 0.556. The highest BCUT2D eigenvalue weighted by Crippen LogP contribution is 2.22. The molecule has 144 valence electrons. The second kappa shape index (κ2) is 9.30. The van der Waals surface area contributed by atoms with Crippen LogP contribution in [0.15, 0.2) is 18.2 Å². The first-order valence-electron chi connectivity index (χ1n) is 8.99. The third-order valence-electron chi connectivity index (χ3n) is 4.65. The van der Waals surface area contributed by atoms with E-state index in [0.717, 1.165) is 26.2 Å². The van der Waals surface area contributed by atoms with Crippen molar-refractivity contribution in [3.8, 4) is 0 Å². The van der Waals surface area contributed by atoms with Crippen LogP contribution in [0.4, 0.5) is 10.1 Å². The molecule has 6 nitrogen and oxygen atoms in total. The summed E-state index contributed by atoms with van der Waals surface area (Å²) in [7, 11) is 0. The molecule has 1 aliphatic rings. The number of halogens is 2. The predicted octanol–water partition coefficient (Wildman–Crippen LogP) is -0.886. The molecular weight excluding hydrogens is 359 g/mol. The largest absolute Gasteiger partial charge is 0.349 e. The molecule has 0 saturated carbocycles. The lowest BCUT2D eigenvalue weighted by Crippen LogP contribution is -3.30. The van der Waals surface area contributed by atoms with Crippen LogP contribution in [0.2, 0.25) is 5.02 Å². The van der Waals surface area contributed by atoms with Gasteiger partial charge in [0.1, 0.15) is 32.0 Å². The molecule has 26 heavy (non-hydrogen) atoms. The van der Waals surface area contributed by atoms with Crippen molar-refractivity contribution in [2.45, 2.75) is 32.9 Å². The number of piperazine rings is 1. The fourth-order valence-electron chi connectivity index (χ4n) is 3.15.